The third-order valence-electron chi connectivity index (χ3n) is 3.97. The molecule has 3 aromatic carbocycles. The molecule has 0 bridgehead atoms. The van der Waals surface area contributed by atoms with Crippen molar-refractivity contribution in [1.82, 2.24) is 0 Å². The van der Waals surface area contributed by atoms with Gasteiger partial charge in [-0.05, 0) is 49.4 Å². The van der Waals surface area contributed by atoms with Crippen molar-refractivity contribution < 1.29 is 19.4 Å². The van der Waals surface area contributed by atoms with Crippen LogP contribution >= 0.6 is 11.6 Å². The van der Waals surface area contributed by atoms with Gasteiger partial charge in [0.25, 0.3) is 0 Å². The number of aryl methyl sites for hydroxylation is 1. The quantitative estimate of drug-likeness (QED) is 0.585. The Balaban J connectivity index is 1.83. The van der Waals surface area contributed by atoms with Crippen LogP contribution in [-0.4, -0.2) is 17.2 Å². The summed E-state index contributed by atoms with van der Waals surface area (Å²) in [5.41, 5.74) is 1.73. The number of aliphatic carboxylic acids is 1. The highest BCUT2D eigenvalue weighted by atomic mass is 35.5. The number of hydrogen-bond donors (Lipinski definition) is 1. The van der Waals surface area contributed by atoms with Crippen molar-refractivity contribution in [3.63, 3.8) is 0 Å². The summed E-state index contributed by atoms with van der Waals surface area (Å²) in [6.07, 6.45) is -0.948. The summed E-state index contributed by atoms with van der Waals surface area (Å²) in [7, 11) is 0. The number of carboxylic acids is 1. The lowest BCUT2D eigenvalue weighted by Gasteiger charge is -2.18. The third kappa shape index (κ3) is 5.25. The first-order valence-corrected chi connectivity index (χ1v) is 8.86. The minimum Gasteiger partial charge on any atom is -0.478 e. The van der Waals surface area contributed by atoms with Crippen molar-refractivity contribution in [3.8, 4) is 17.2 Å². The molecule has 0 aromatic heterocycles. The van der Waals surface area contributed by atoms with E-state index >= 15 is 0 Å². The van der Waals surface area contributed by atoms with Crippen LogP contribution in [0.25, 0.3) is 0 Å². The lowest BCUT2D eigenvalue weighted by molar-refractivity contribution is -0.145. The molecule has 0 saturated carbocycles. The van der Waals surface area contributed by atoms with Crippen LogP contribution < -0.4 is 9.47 Å². The van der Waals surface area contributed by atoms with E-state index in [1.807, 2.05) is 49.4 Å². The summed E-state index contributed by atoms with van der Waals surface area (Å²) in [6, 6.07) is 21.7. The van der Waals surface area contributed by atoms with Crippen molar-refractivity contribution in [1.29, 1.82) is 0 Å². The molecular formula is C22H19ClO4. The predicted octanol–water partition coefficient (Wildman–Crippen LogP) is 5.52. The standard InChI is InChI=1S/C22H19ClO4/c1-15-7-10-19(11-8-15)27-21(22(24)25)14-16-13-17(23)9-12-20(16)26-18-5-3-2-4-6-18/h2-13,21H,14H2,1H3,(H,24,25). The zero-order chi connectivity index (χ0) is 19.2. The molecule has 5 heteroatoms. The fourth-order valence-electron chi connectivity index (χ4n) is 2.58. The molecule has 0 aliphatic carbocycles. The fraction of sp³-hybridized carbons (Fsp3) is 0.136. The molecule has 4 nitrogen and oxygen atoms in total. The third-order valence-corrected chi connectivity index (χ3v) is 4.21. The van der Waals surface area contributed by atoms with Gasteiger partial charge >= 0.3 is 5.97 Å². The molecule has 3 rings (SSSR count). The van der Waals surface area contributed by atoms with Crippen molar-refractivity contribution in [3.05, 3.63) is 88.9 Å². The Morgan fingerprint density at radius 2 is 1.70 bits per heavy atom. The monoisotopic (exact) mass is 382 g/mol. The first-order chi connectivity index (χ1) is 13.0. The number of halogens is 1. The second-order valence-electron chi connectivity index (χ2n) is 6.13. The molecular weight excluding hydrogens is 364 g/mol. The van der Waals surface area contributed by atoms with Gasteiger partial charge in [-0.15, -0.1) is 0 Å². The molecule has 0 fully saturated rings. The molecule has 0 saturated heterocycles. The van der Waals surface area contributed by atoms with E-state index in [0.29, 0.717) is 27.8 Å². The van der Waals surface area contributed by atoms with Crippen LogP contribution in [0.15, 0.2) is 72.8 Å². The van der Waals surface area contributed by atoms with Gasteiger partial charge in [-0.3, -0.25) is 0 Å². The van der Waals surface area contributed by atoms with Gasteiger partial charge in [0.2, 0.25) is 0 Å². The van der Waals surface area contributed by atoms with Crippen LogP contribution in [-0.2, 0) is 11.2 Å². The van der Waals surface area contributed by atoms with Crippen molar-refractivity contribution in [2.24, 2.45) is 0 Å². The first kappa shape index (κ1) is 18.8. The number of hydrogen-bond acceptors (Lipinski definition) is 3. The van der Waals surface area contributed by atoms with Gasteiger partial charge in [-0.1, -0.05) is 47.5 Å². The second-order valence-corrected chi connectivity index (χ2v) is 6.57. The minimum atomic E-state index is -1.07. The lowest BCUT2D eigenvalue weighted by atomic mass is 10.1. The molecule has 138 valence electrons. The van der Waals surface area contributed by atoms with E-state index in [1.165, 1.54) is 0 Å². The maximum atomic E-state index is 11.7. The maximum Gasteiger partial charge on any atom is 0.345 e. The highest BCUT2D eigenvalue weighted by Gasteiger charge is 2.22. The van der Waals surface area contributed by atoms with Gasteiger partial charge in [-0.25, -0.2) is 4.79 Å². The Labute approximate surface area is 162 Å². The first-order valence-electron chi connectivity index (χ1n) is 8.49. The summed E-state index contributed by atoms with van der Waals surface area (Å²) in [6.45, 7) is 1.96. The molecule has 3 aromatic rings. The van der Waals surface area contributed by atoms with Gasteiger partial charge in [-0.2, -0.15) is 0 Å². The van der Waals surface area contributed by atoms with Crippen molar-refractivity contribution >= 4 is 17.6 Å². The summed E-state index contributed by atoms with van der Waals surface area (Å²) in [4.78, 5) is 11.7. The largest absolute Gasteiger partial charge is 0.478 e. The summed E-state index contributed by atoms with van der Waals surface area (Å²) < 4.78 is 11.6. The molecule has 1 N–H and O–H groups in total. The topological polar surface area (TPSA) is 55.8 Å². The Bertz CT molecular complexity index is 907. The number of benzene rings is 3. The molecule has 0 radical (unpaired) electrons. The summed E-state index contributed by atoms with van der Waals surface area (Å²) >= 11 is 6.12. The van der Waals surface area contributed by atoms with Crippen LogP contribution in [0.3, 0.4) is 0 Å². The fourth-order valence-corrected chi connectivity index (χ4v) is 2.78. The van der Waals surface area contributed by atoms with E-state index in [9.17, 15) is 9.90 Å². The van der Waals surface area contributed by atoms with Gasteiger partial charge in [0.05, 0.1) is 0 Å². The van der Waals surface area contributed by atoms with Crippen LogP contribution in [0.1, 0.15) is 11.1 Å². The van der Waals surface area contributed by atoms with Gasteiger partial charge in [0, 0.05) is 17.0 Å². The molecule has 0 aliphatic rings. The Morgan fingerprint density at radius 3 is 2.37 bits per heavy atom. The molecule has 1 unspecified atom stereocenters. The molecule has 0 spiro atoms. The molecule has 0 amide bonds. The highest BCUT2D eigenvalue weighted by Crippen LogP contribution is 2.29. The van der Waals surface area contributed by atoms with E-state index < -0.39 is 12.1 Å². The van der Waals surface area contributed by atoms with E-state index in [0.717, 1.165) is 5.56 Å². The second kappa shape index (κ2) is 8.60. The van der Waals surface area contributed by atoms with Crippen LogP contribution in [0.2, 0.25) is 5.02 Å². The highest BCUT2D eigenvalue weighted by molar-refractivity contribution is 6.30. The summed E-state index contributed by atoms with van der Waals surface area (Å²) in [5, 5.41) is 10.1. The lowest BCUT2D eigenvalue weighted by Crippen LogP contribution is -2.29. The number of carbonyl (C=O) groups is 1. The molecule has 27 heavy (non-hydrogen) atoms. The average Bonchev–Trinajstić information content (AvgIpc) is 2.66. The molecule has 0 aliphatic heterocycles. The maximum absolute atomic E-state index is 11.7. The summed E-state index contributed by atoms with van der Waals surface area (Å²) in [5.74, 6) is 0.651. The zero-order valence-electron chi connectivity index (χ0n) is 14.8. The Kier molecular flexibility index (Phi) is 5.99. The number of rotatable bonds is 7. The zero-order valence-corrected chi connectivity index (χ0v) is 15.5. The van der Waals surface area contributed by atoms with Crippen LogP contribution in [0.5, 0.6) is 17.2 Å². The van der Waals surface area contributed by atoms with Gasteiger partial charge in [0.1, 0.15) is 17.2 Å². The molecule has 1 atom stereocenters. The van der Waals surface area contributed by atoms with Gasteiger partial charge in [0.15, 0.2) is 6.10 Å². The minimum absolute atomic E-state index is 0.117. The SMILES string of the molecule is Cc1ccc(OC(Cc2cc(Cl)ccc2Oc2ccccc2)C(=O)O)cc1. The molecule has 0 heterocycles. The van der Waals surface area contributed by atoms with Crippen LogP contribution in [0, 0.1) is 6.92 Å². The smallest absolute Gasteiger partial charge is 0.345 e. The van der Waals surface area contributed by atoms with Crippen molar-refractivity contribution in [2.75, 3.05) is 0 Å². The van der Waals surface area contributed by atoms with E-state index in [1.54, 1.807) is 30.3 Å². The number of para-hydroxylation sites is 1. The normalized spacial score (nSPS) is 11.6. The van der Waals surface area contributed by atoms with E-state index in [-0.39, 0.29) is 6.42 Å². The Hall–Kier alpha value is -2.98. The number of ether oxygens (including phenoxy) is 2. The predicted molar refractivity (Wildman–Crippen MR) is 105 cm³/mol. The van der Waals surface area contributed by atoms with Crippen molar-refractivity contribution in [2.45, 2.75) is 19.4 Å². The van der Waals surface area contributed by atoms with E-state index in [4.69, 9.17) is 21.1 Å². The Morgan fingerprint density at radius 1 is 1.00 bits per heavy atom. The number of carboxylic acid groups (broad SMARTS) is 1. The van der Waals surface area contributed by atoms with E-state index in [2.05, 4.69) is 0 Å². The average molecular weight is 383 g/mol. The van der Waals surface area contributed by atoms with Crippen LogP contribution in [0.4, 0.5) is 0 Å². The van der Waals surface area contributed by atoms with Gasteiger partial charge < -0.3 is 14.6 Å².